The molecular formula is C20H33IN4O. The van der Waals surface area contributed by atoms with Gasteiger partial charge in [-0.25, -0.2) is 0 Å². The average molecular weight is 472 g/mol. The highest BCUT2D eigenvalue weighted by Crippen LogP contribution is 2.33. The molecule has 26 heavy (non-hydrogen) atoms. The summed E-state index contributed by atoms with van der Waals surface area (Å²) >= 11 is 0. The zero-order valence-electron chi connectivity index (χ0n) is 16.0. The van der Waals surface area contributed by atoms with Gasteiger partial charge in [-0.2, -0.15) is 0 Å². The summed E-state index contributed by atoms with van der Waals surface area (Å²) in [6, 6.07) is 8.69. The van der Waals surface area contributed by atoms with Gasteiger partial charge >= 0.3 is 0 Å². The van der Waals surface area contributed by atoms with Crippen LogP contribution < -0.4 is 20.3 Å². The fourth-order valence-corrected chi connectivity index (χ4v) is 3.60. The van der Waals surface area contributed by atoms with Crippen molar-refractivity contribution in [3.8, 4) is 5.75 Å². The Morgan fingerprint density at radius 1 is 1.27 bits per heavy atom. The number of anilines is 1. The van der Waals surface area contributed by atoms with Crippen LogP contribution >= 0.6 is 24.0 Å². The number of nitrogens with zero attached hydrogens (tertiary/aromatic N) is 2. The molecule has 5 nitrogen and oxygen atoms in total. The monoisotopic (exact) mass is 472 g/mol. The van der Waals surface area contributed by atoms with Crippen molar-refractivity contribution in [2.24, 2.45) is 10.9 Å². The number of benzene rings is 1. The second kappa shape index (κ2) is 10.8. The van der Waals surface area contributed by atoms with Crippen molar-refractivity contribution in [3.63, 3.8) is 0 Å². The maximum absolute atomic E-state index is 5.53. The van der Waals surface area contributed by atoms with Gasteiger partial charge in [-0.05, 0) is 43.7 Å². The molecule has 1 aliphatic carbocycles. The minimum Gasteiger partial charge on any atom is -0.495 e. The molecule has 0 bridgehead atoms. The molecule has 3 rings (SSSR count). The topological polar surface area (TPSA) is 48.9 Å². The summed E-state index contributed by atoms with van der Waals surface area (Å²) in [6.07, 6.45) is 7.82. The molecule has 1 aromatic rings. The van der Waals surface area contributed by atoms with E-state index in [-0.39, 0.29) is 24.0 Å². The van der Waals surface area contributed by atoms with Gasteiger partial charge in [0.15, 0.2) is 5.96 Å². The van der Waals surface area contributed by atoms with E-state index in [0.717, 1.165) is 37.3 Å². The van der Waals surface area contributed by atoms with Crippen molar-refractivity contribution in [1.82, 2.24) is 10.6 Å². The number of hydrogen-bond donors (Lipinski definition) is 2. The maximum atomic E-state index is 5.53. The molecule has 1 heterocycles. The molecule has 1 aromatic carbocycles. The summed E-state index contributed by atoms with van der Waals surface area (Å²) in [4.78, 5) is 6.81. The SMILES string of the molecule is CN=C(NCCCC1CC1)NC1CCCN(c2ccccc2OC)C1.I. The summed E-state index contributed by atoms with van der Waals surface area (Å²) in [6.45, 7) is 3.06. The first kappa shape index (κ1) is 21.1. The summed E-state index contributed by atoms with van der Waals surface area (Å²) in [5.41, 5.74) is 1.18. The van der Waals surface area contributed by atoms with Crippen LogP contribution in [-0.4, -0.2) is 45.8 Å². The number of guanidine groups is 1. The standard InChI is InChI=1S/C20H32N4O.HI/c1-21-20(22-13-5-7-16-11-12-16)23-17-8-6-14-24(15-17)18-9-3-4-10-19(18)25-2;/h3-4,9-10,16-17H,5-8,11-15H2,1-2H3,(H2,21,22,23);1H. The quantitative estimate of drug-likeness (QED) is 0.276. The second-order valence-electron chi connectivity index (χ2n) is 7.19. The molecular weight excluding hydrogens is 439 g/mol. The Kier molecular flexibility index (Phi) is 8.81. The molecule has 1 aliphatic heterocycles. The highest BCUT2D eigenvalue weighted by molar-refractivity contribution is 14.0. The Balaban J connectivity index is 0.00000243. The highest BCUT2D eigenvalue weighted by atomic mass is 127. The van der Waals surface area contributed by atoms with Crippen LogP contribution in [0.15, 0.2) is 29.3 Å². The van der Waals surface area contributed by atoms with E-state index in [1.807, 2.05) is 19.2 Å². The number of nitrogens with one attached hydrogen (secondary N) is 2. The molecule has 0 aromatic heterocycles. The van der Waals surface area contributed by atoms with Crippen LogP contribution in [0.2, 0.25) is 0 Å². The Hall–Kier alpha value is -1.18. The van der Waals surface area contributed by atoms with Gasteiger partial charge in [0.1, 0.15) is 5.75 Å². The Morgan fingerprint density at radius 3 is 2.81 bits per heavy atom. The number of halogens is 1. The molecule has 0 radical (unpaired) electrons. The van der Waals surface area contributed by atoms with Gasteiger partial charge in [0.05, 0.1) is 12.8 Å². The zero-order chi connectivity index (χ0) is 17.5. The van der Waals surface area contributed by atoms with Crippen LogP contribution in [0.4, 0.5) is 5.69 Å². The molecule has 1 saturated carbocycles. The Bertz CT molecular complexity index is 577. The van der Waals surface area contributed by atoms with E-state index in [9.17, 15) is 0 Å². The Morgan fingerprint density at radius 2 is 2.08 bits per heavy atom. The fraction of sp³-hybridized carbons (Fsp3) is 0.650. The minimum atomic E-state index is 0. The smallest absolute Gasteiger partial charge is 0.191 e. The minimum absolute atomic E-state index is 0. The van der Waals surface area contributed by atoms with Gasteiger partial charge in [-0.1, -0.05) is 25.0 Å². The number of hydrogen-bond acceptors (Lipinski definition) is 3. The molecule has 0 amide bonds. The van der Waals surface area contributed by atoms with Crippen LogP contribution in [0, 0.1) is 5.92 Å². The number of para-hydroxylation sites is 2. The van der Waals surface area contributed by atoms with E-state index in [4.69, 9.17) is 4.74 Å². The van der Waals surface area contributed by atoms with Crippen molar-refractivity contribution >= 4 is 35.6 Å². The van der Waals surface area contributed by atoms with Crippen molar-refractivity contribution in [1.29, 1.82) is 0 Å². The summed E-state index contributed by atoms with van der Waals surface area (Å²) in [5, 5.41) is 7.08. The highest BCUT2D eigenvalue weighted by Gasteiger charge is 2.23. The van der Waals surface area contributed by atoms with E-state index >= 15 is 0 Å². The summed E-state index contributed by atoms with van der Waals surface area (Å²) in [7, 11) is 3.60. The van der Waals surface area contributed by atoms with Gasteiger partial charge in [-0.3, -0.25) is 4.99 Å². The van der Waals surface area contributed by atoms with Crippen molar-refractivity contribution in [2.75, 3.05) is 38.7 Å². The van der Waals surface area contributed by atoms with E-state index in [2.05, 4.69) is 32.7 Å². The van der Waals surface area contributed by atoms with E-state index in [0.29, 0.717) is 6.04 Å². The average Bonchev–Trinajstić information content (AvgIpc) is 3.48. The van der Waals surface area contributed by atoms with Crippen LogP contribution in [0.25, 0.3) is 0 Å². The second-order valence-corrected chi connectivity index (χ2v) is 7.19. The van der Waals surface area contributed by atoms with Crippen molar-refractivity contribution in [2.45, 2.75) is 44.6 Å². The third-order valence-electron chi connectivity index (χ3n) is 5.19. The molecule has 1 unspecified atom stereocenters. The van der Waals surface area contributed by atoms with E-state index in [1.165, 1.54) is 44.2 Å². The molecule has 2 fully saturated rings. The molecule has 0 spiro atoms. The largest absolute Gasteiger partial charge is 0.495 e. The molecule has 6 heteroatoms. The molecule has 1 atom stereocenters. The van der Waals surface area contributed by atoms with Gasteiger partial charge in [0.2, 0.25) is 0 Å². The van der Waals surface area contributed by atoms with Crippen LogP contribution in [-0.2, 0) is 0 Å². The maximum Gasteiger partial charge on any atom is 0.191 e. The summed E-state index contributed by atoms with van der Waals surface area (Å²) in [5.74, 6) is 2.89. The van der Waals surface area contributed by atoms with Gasteiger partial charge < -0.3 is 20.3 Å². The van der Waals surface area contributed by atoms with E-state index < -0.39 is 0 Å². The molecule has 2 aliphatic rings. The first-order chi connectivity index (χ1) is 12.3. The van der Waals surface area contributed by atoms with Crippen LogP contribution in [0.3, 0.4) is 0 Å². The van der Waals surface area contributed by atoms with Crippen LogP contribution in [0.5, 0.6) is 5.75 Å². The third-order valence-corrected chi connectivity index (χ3v) is 5.19. The van der Waals surface area contributed by atoms with Gasteiger partial charge in [0.25, 0.3) is 0 Å². The Labute approximate surface area is 175 Å². The summed E-state index contributed by atoms with van der Waals surface area (Å²) < 4.78 is 5.53. The normalized spacial score (nSPS) is 20.3. The predicted octanol–water partition coefficient (Wildman–Crippen LogP) is 3.64. The van der Waals surface area contributed by atoms with Crippen molar-refractivity contribution < 1.29 is 4.74 Å². The number of rotatable bonds is 7. The van der Waals surface area contributed by atoms with E-state index in [1.54, 1.807) is 7.11 Å². The number of methoxy groups -OCH3 is 1. The molecule has 1 saturated heterocycles. The lowest BCUT2D eigenvalue weighted by atomic mass is 10.0. The lowest BCUT2D eigenvalue weighted by molar-refractivity contribution is 0.408. The lowest BCUT2D eigenvalue weighted by Gasteiger charge is -2.36. The lowest BCUT2D eigenvalue weighted by Crippen LogP contribution is -2.51. The third kappa shape index (κ3) is 6.21. The fourth-order valence-electron chi connectivity index (χ4n) is 3.60. The number of ether oxygens (including phenoxy) is 1. The van der Waals surface area contributed by atoms with Gasteiger partial charge in [0, 0.05) is 32.7 Å². The number of aliphatic imine (C=N–C) groups is 1. The molecule has 2 N–H and O–H groups in total. The first-order valence-electron chi connectivity index (χ1n) is 9.65. The molecule has 146 valence electrons. The first-order valence-corrected chi connectivity index (χ1v) is 9.65. The number of piperidine rings is 1. The zero-order valence-corrected chi connectivity index (χ0v) is 18.4. The van der Waals surface area contributed by atoms with Gasteiger partial charge in [-0.15, -0.1) is 24.0 Å². The van der Waals surface area contributed by atoms with Crippen molar-refractivity contribution in [3.05, 3.63) is 24.3 Å². The van der Waals surface area contributed by atoms with Crippen LogP contribution in [0.1, 0.15) is 38.5 Å². The predicted molar refractivity (Wildman–Crippen MR) is 120 cm³/mol.